The predicted octanol–water partition coefficient (Wildman–Crippen LogP) is 2.73. The first-order valence-electron chi connectivity index (χ1n) is 11.2. The van der Waals surface area contributed by atoms with Gasteiger partial charge in [0.05, 0.1) is 20.3 Å². The fourth-order valence-corrected chi connectivity index (χ4v) is 5.08. The molecule has 2 aromatic rings. The number of nitrogens with zero attached hydrogens (tertiary/aromatic N) is 1. The van der Waals surface area contributed by atoms with Gasteiger partial charge in [-0.2, -0.15) is 0 Å². The lowest BCUT2D eigenvalue weighted by molar-refractivity contribution is -0.157. The van der Waals surface area contributed by atoms with Crippen LogP contribution in [0.2, 0.25) is 0 Å². The zero-order valence-corrected chi connectivity index (χ0v) is 19.5. The Kier molecular flexibility index (Phi) is 6.34. The van der Waals surface area contributed by atoms with Crippen LogP contribution in [-0.2, 0) is 27.2 Å². The molecule has 0 spiro atoms. The Morgan fingerprint density at radius 2 is 1.76 bits per heavy atom. The second kappa shape index (κ2) is 9.06. The number of esters is 1. The number of ether oxygens (including phenoxy) is 3. The summed E-state index contributed by atoms with van der Waals surface area (Å²) in [7, 11) is 2.80. The van der Waals surface area contributed by atoms with Crippen molar-refractivity contribution >= 4 is 11.9 Å². The minimum atomic E-state index is -0.900. The molecule has 1 saturated heterocycles. The summed E-state index contributed by atoms with van der Waals surface area (Å²) in [5.41, 5.74) is 2.88. The number of benzene rings is 2. The third kappa shape index (κ3) is 4.29. The molecule has 0 saturated carbocycles. The summed E-state index contributed by atoms with van der Waals surface area (Å²) >= 11 is 0. The number of amides is 1. The molecule has 1 aliphatic heterocycles. The second-order valence-corrected chi connectivity index (χ2v) is 9.24. The van der Waals surface area contributed by atoms with E-state index in [1.54, 1.807) is 14.0 Å². The van der Waals surface area contributed by atoms with Crippen LogP contribution in [0.4, 0.5) is 0 Å². The molecule has 0 unspecified atom stereocenters. The normalized spacial score (nSPS) is 23.2. The van der Waals surface area contributed by atoms with Crippen molar-refractivity contribution in [2.45, 2.75) is 44.8 Å². The van der Waals surface area contributed by atoms with Crippen LogP contribution in [-0.4, -0.2) is 61.4 Å². The highest BCUT2D eigenvalue weighted by Gasteiger charge is 2.49. The molecule has 1 heterocycles. The van der Waals surface area contributed by atoms with E-state index in [-0.39, 0.29) is 18.6 Å². The van der Waals surface area contributed by atoms with Crippen LogP contribution in [0.25, 0.3) is 0 Å². The Balaban J connectivity index is 1.61. The highest BCUT2D eigenvalue weighted by molar-refractivity contribution is 6.32. The molecule has 176 valence electrons. The maximum absolute atomic E-state index is 12.5. The molecule has 4 rings (SSSR count). The average Bonchev–Trinajstić information content (AvgIpc) is 3.39. The predicted molar refractivity (Wildman–Crippen MR) is 122 cm³/mol. The Bertz CT molecular complexity index is 1030. The third-order valence-corrected chi connectivity index (χ3v) is 7.23. The van der Waals surface area contributed by atoms with Gasteiger partial charge < -0.3 is 24.2 Å². The number of fused-ring (bicyclic) bond motifs is 1. The van der Waals surface area contributed by atoms with Gasteiger partial charge in [0, 0.05) is 37.3 Å². The van der Waals surface area contributed by atoms with Crippen molar-refractivity contribution in [1.82, 2.24) is 4.90 Å². The SMILES string of the molecule is COC(=O)C(=O)N1C[C@@H](c2ccc(OC)c(OC3Cc4ccccc4C3)c2)[C@](C)([C@@H](C)O)C1. The van der Waals surface area contributed by atoms with Crippen LogP contribution in [0.15, 0.2) is 42.5 Å². The van der Waals surface area contributed by atoms with Crippen LogP contribution in [0.1, 0.15) is 36.5 Å². The number of methoxy groups -OCH3 is 2. The molecule has 2 aliphatic rings. The smallest absolute Gasteiger partial charge is 0.396 e. The van der Waals surface area contributed by atoms with Crippen LogP contribution in [0.3, 0.4) is 0 Å². The maximum Gasteiger partial charge on any atom is 0.396 e. The van der Waals surface area contributed by atoms with Crippen LogP contribution in [0.5, 0.6) is 11.5 Å². The Labute approximate surface area is 194 Å². The summed E-state index contributed by atoms with van der Waals surface area (Å²) in [5.74, 6) is -0.517. The molecule has 7 heteroatoms. The minimum absolute atomic E-state index is 0.00989. The van der Waals surface area contributed by atoms with Crippen LogP contribution >= 0.6 is 0 Å². The highest BCUT2D eigenvalue weighted by atomic mass is 16.5. The summed E-state index contributed by atoms with van der Waals surface area (Å²) < 4.78 is 16.6. The van der Waals surface area contributed by atoms with E-state index >= 15 is 0 Å². The van der Waals surface area contributed by atoms with Gasteiger partial charge in [-0.25, -0.2) is 4.79 Å². The van der Waals surface area contributed by atoms with Gasteiger partial charge in [0.2, 0.25) is 0 Å². The van der Waals surface area contributed by atoms with E-state index in [1.165, 1.54) is 23.1 Å². The van der Waals surface area contributed by atoms with E-state index in [2.05, 4.69) is 16.9 Å². The fourth-order valence-electron chi connectivity index (χ4n) is 5.08. The van der Waals surface area contributed by atoms with E-state index in [9.17, 15) is 14.7 Å². The molecule has 1 amide bonds. The molecule has 1 fully saturated rings. The molecule has 7 nitrogen and oxygen atoms in total. The number of rotatable bonds is 5. The number of hydrogen-bond donors (Lipinski definition) is 1. The van der Waals surface area contributed by atoms with Gasteiger partial charge in [-0.1, -0.05) is 37.3 Å². The third-order valence-electron chi connectivity index (χ3n) is 7.23. The summed E-state index contributed by atoms with van der Waals surface area (Å²) in [6, 6.07) is 14.1. The van der Waals surface area contributed by atoms with Crippen LogP contribution in [0, 0.1) is 5.41 Å². The zero-order valence-electron chi connectivity index (χ0n) is 19.5. The quantitative estimate of drug-likeness (QED) is 0.554. The average molecular weight is 454 g/mol. The van der Waals surface area contributed by atoms with Gasteiger partial charge in [0.15, 0.2) is 11.5 Å². The molecule has 33 heavy (non-hydrogen) atoms. The largest absolute Gasteiger partial charge is 0.493 e. The number of aliphatic hydroxyl groups is 1. The maximum atomic E-state index is 12.5. The summed E-state index contributed by atoms with van der Waals surface area (Å²) in [6.45, 7) is 4.21. The number of carbonyl (C=O) groups excluding carboxylic acids is 2. The monoisotopic (exact) mass is 453 g/mol. The summed E-state index contributed by atoms with van der Waals surface area (Å²) in [4.78, 5) is 25.8. The Morgan fingerprint density at radius 3 is 2.33 bits per heavy atom. The lowest BCUT2D eigenvalue weighted by atomic mass is 9.72. The Morgan fingerprint density at radius 1 is 1.09 bits per heavy atom. The highest BCUT2D eigenvalue weighted by Crippen LogP contribution is 2.47. The molecule has 0 bridgehead atoms. The number of likely N-dealkylation sites (tertiary alicyclic amines) is 1. The summed E-state index contributed by atoms with van der Waals surface area (Å²) in [5, 5.41) is 10.6. The van der Waals surface area contributed by atoms with E-state index in [1.807, 2.05) is 37.3 Å². The Hall–Kier alpha value is -3.06. The molecule has 2 aromatic carbocycles. The molecule has 0 aromatic heterocycles. The van der Waals surface area contributed by atoms with Gasteiger partial charge in [0.25, 0.3) is 0 Å². The van der Waals surface area contributed by atoms with E-state index in [4.69, 9.17) is 9.47 Å². The molecular formula is C26H31NO6. The first kappa shape index (κ1) is 23.1. The molecular weight excluding hydrogens is 422 g/mol. The fraction of sp³-hybridized carbons (Fsp3) is 0.462. The van der Waals surface area contributed by atoms with Gasteiger partial charge in [-0.3, -0.25) is 4.79 Å². The number of carbonyl (C=O) groups is 2. The minimum Gasteiger partial charge on any atom is -0.493 e. The van der Waals surface area contributed by atoms with Crippen molar-refractivity contribution in [1.29, 1.82) is 0 Å². The first-order valence-corrected chi connectivity index (χ1v) is 11.2. The van der Waals surface area contributed by atoms with Crippen molar-refractivity contribution in [3.8, 4) is 11.5 Å². The van der Waals surface area contributed by atoms with E-state index in [0.29, 0.717) is 18.0 Å². The summed E-state index contributed by atoms with van der Waals surface area (Å²) in [6.07, 6.45) is 0.976. The van der Waals surface area contributed by atoms with Crippen molar-refractivity contribution in [2.24, 2.45) is 5.41 Å². The van der Waals surface area contributed by atoms with Gasteiger partial charge in [-0.05, 0) is 35.7 Å². The molecule has 1 aliphatic carbocycles. The lowest BCUT2D eigenvalue weighted by Crippen LogP contribution is -2.40. The molecule has 0 radical (unpaired) electrons. The molecule has 1 N–H and O–H groups in total. The van der Waals surface area contributed by atoms with Crippen molar-refractivity contribution in [2.75, 3.05) is 27.3 Å². The first-order chi connectivity index (χ1) is 15.8. The standard InChI is InChI=1S/C26H31NO6/c1-16(28)26(2)15-27(24(29)25(30)32-4)14-21(26)19-9-10-22(31-3)23(13-19)33-20-11-17-7-5-6-8-18(17)12-20/h5-10,13,16,20-21,28H,11-12,14-15H2,1-4H3/t16-,21+,26+/m1/s1. The number of aliphatic hydroxyl groups excluding tert-OH is 1. The van der Waals surface area contributed by atoms with E-state index < -0.39 is 23.4 Å². The van der Waals surface area contributed by atoms with E-state index in [0.717, 1.165) is 18.4 Å². The molecule has 3 atom stereocenters. The van der Waals surface area contributed by atoms with Gasteiger partial charge in [0.1, 0.15) is 6.10 Å². The van der Waals surface area contributed by atoms with Crippen molar-refractivity contribution in [3.63, 3.8) is 0 Å². The van der Waals surface area contributed by atoms with Gasteiger partial charge in [-0.15, -0.1) is 0 Å². The van der Waals surface area contributed by atoms with Crippen LogP contribution < -0.4 is 9.47 Å². The van der Waals surface area contributed by atoms with Gasteiger partial charge >= 0.3 is 11.9 Å². The zero-order chi connectivity index (χ0) is 23.8. The van der Waals surface area contributed by atoms with Crippen molar-refractivity contribution in [3.05, 3.63) is 59.2 Å². The topological polar surface area (TPSA) is 85.3 Å². The second-order valence-electron chi connectivity index (χ2n) is 9.24. The van der Waals surface area contributed by atoms with Crippen molar-refractivity contribution < 1.29 is 28.9 Å². The number of hydrogen-bond acceptors (Lipinski definition) is 6. The lowest BCUT2D eigenvalue weighted by Gasteiger charge is -2.34.